The zero-order valence-corrected chi connectivity index (χ0v) is 23.8. The lowest BCUT2D eigenvalue weighted by molar-refractivity contribution is -0.139. The van der Waals surface area contributed by atoms with E-state index in [-0.39, 0.29) is 24.9 Å². The minimum absolute atomic E-state index is 0.0946. The van der Waals surface area contributed by atoms with Crippen LogP contribution in [0.15, 0.2) is 97.1 Å². The molecular formula is C35H33NO6. The van der Waals surface area contributed by atoms with E-state index < -0.39 is 23.7 Å². The average Bonchev–Trinajstić information content (AvgIpc) is 3.29. The molecule has 7 heteroatoms. The smallest absolute Gasteiger partial charge is 0.407 e. The molecule has 1 aliphatic rings. The van der Waals surface area contributed by atoms with Crippen LogP contribution in [0.5, 0.6) is 0 Å². The van der Waals surface area contributed by atoms with Crippen LogP contribution in [0.4, 0.5) is 4.79 Å². The van der Waals surface area contributed by atoms with Crippen molar-refractivity contribution in [1.82, 2.24) is 5.32 Å². The number of amides is 1. The molecular weight excluding hydrogens is 530 g/mol. The number of carbonyl (C=O) groups excluding carboxylic acids is 2. The number of carbonyl (C=O) groups is 3. The van der Waals surface area contributed by atoms with Gasteiger partial charge in [0.15, 0.2) is 0 Å². The number of carboxylic acids is 1. The van der Waals surface area contributed by atoms with E-state index in [2.05, 4.69) is 17.4 Å². The number of alkyl carbamates (subject to hydrolysis) is 1. The number of fused-ring (bicyclic) bond motifs is 3. The highest BCUT2D eigenvalue weighted by molar-refractivity contribution is 5.90. The van der Waals surface area contributed by atoms with E-state index in [0.29, 0.717) is 5.56 Å². The topological polar surface area (TPSA) is 102 Å². The number of aliphatic carboxylic acids is 1. The van der Waals surface area contributed by atoms with E-state index >= 15 is 0 Å². The molecule has 0 spiro atoms. The Morgan fingerprint density at radius 2 is 1.31 bits per heavy atom. The Bertz CT molecular complexity index is 1560. The summed E-state index contributed by atoms with van der Waals surface area (Å²) < 4.78 is 11.0. The predicted molar refractivity (Wildman–Crippen MR) is 160 cm³/mol. The van der Waals surface area contributed by atoms with Gasteiger partial charge in [-0.3, -0.25) is 0 Å². The van der Waals surface area contributed by atoms with Gasteiger partial charge in [0, 0.05) is 12.3 Å². The molecule has 1 atom stereocenters. The van der Waals surface area contributed by atoms with E-state index in [9.17, 15) is 19.5 Å². The normalized spacial score (nSPS) is 13.0. The standard InChI is InChI=1S/C35H33NO6/c1-35(2,3)42-33(39)25-18-16-24(17-19-25)23-14-12-22(13-15-23)20-31(32(37)38)36-34(40)41-21-30-28-10-6-4-8-26(28)27-9-5-7-11-29(27)30/h4-19,30-31H,20-21H2,1-3H3,(H,36,40)(H,37,38)/t31-/m0/s1. The fourth-order valence-corrected chi connectivity index (χ4v) is 5.19. The summed E-state index contributed by atoms with van der Waals surface area (Å²) in [4.78, 5) is 37.0. The molecule has 1 amide bonds. The van der Waals surface area contributed by atoms with Crippen molar-refractivity contribution in [1.29, 1.82) is 0 Å². The van der Waals surface area contributed by atoms with E-state index in [0.717, 1.165) is 38.9 Å². The van der Waals surface area contributed by atoms with Gasteiger partial charge in [-0.1, -0.05) is 84.9 Å². The van der Waals surface area contributed by atoms with Crippen LogP contribution in [0.3, 0.4) is 0 Å². The quantitative estimate of drug-likeness (QED) is 0.228. The number of ether oxygens (including phenoxy) is 2. The van der Waals surface area contributed by atoms with E-state index in [4.69, 9.17) is 9.47 Å². The van der Waals surface area contributed by atoms with Crippen LogP contribution in [-0.2, 0) is 20.7 Å². The first-order valence-corrected chi connectivity index (χ1v) is 13.9. The lowest BCUT2D eigenvalue weighted by Crippen LogP contribution is -2.42. The third-order valence-corrected chi connectivity index (χ3v) is 7.18. The summed E-state index contributed by atoms with van der Waals surface area (Å²) in [7, 11) is 0. The van der Waals surface area contributed by atoms with Crippen molar-refractivity contribution in [2.24, 2.45) is 0 Å². The minimum atomic E-state index is -1.15. The molecule has 0 aromatic heterocycles. The maximum Gasteiger partial charge on any atom is 0.407 e. The second-order valence-corrected chi connectivity index (χ2v) is 11.3. The molecule has 4 aromatic carbocycles. The summed E-state index contributed by atoms with van der Waals surface area (Å²) in [6.45, 7) is 5.57. The van der Waals surface area contributed by atoms with Crippen molar-refractivity contribution in [2.45, 2.75) is 44.8 Å². The van der Waals surface area contributed by atoms with Crippen LogP contribution in [0, 0.1) is 0 Å². The van der Waals surface area contributed by atoms with E-state index in [1.807, 2.05) is 93.6 Å². The van der Waals surface area contributed by atoms with Crippen molar-refractivity contribution in [2.75, 3.05) is 6.61 Å². The van der Waals surface area contributed by atoms with Crippen LogP contribution in [0.2, 0.25) is 0 Å². The molecule has 0 unspecified atom stereocenters. The van der Waals surface area contributed by atoms with Gasteiger partial charge >= 0.3 is 18.0 Å². The Kier molecular flexibility index (Phi) is 8.11. The Balaban J connectivity index is 1.19. The van der Waals surface area contributed by atoms with Gasteiger partial charge < -0.3 is 19.9 Å². The van der Waals surface area contributed by atoms with Crippen molar-refractivity contribution >= 4 is 18.0 Å². The van der Waals surface area contributed by atoms with Crippen LogP contribution in [0.1, 0.15) is 53.7 Å². The number of esters is 1. The van der Waals surface area contributed by atoms with Gasteiger partial charge in [-0.05, 0) is 71.8 Å². The Labute approximate surface area is 245 Å². The lowest BCUT2D eigenvalue weighted by atomic mass is 9.98. The molecule has 1 aliphatic carbocycles. The first kappa shape index (κ1) is 28.6. The van der Waals surface area contributed by atoms with Gasteiger partial charge in [0.05, 0.1) is 5.56 Å². The molecule has 0 saturated heterocycles. The van der Waals surface area contributed by atoms with Crippen LogP contribution in [0.25, 0.3) is 22.3 Å². The number of hydrogen-bond donors (Lipinski definition) is 2. The molecule has 0 bridgehead atoms. The van der Waals surface area contributed by atoms with Crippen molar-refractivity contribution in [3.05, 3.63) is 119 Å². The van der Waals surface area contributed by atoms with Gasteiger partial charge in [0.1, 0.15) is 18.2 Å². The molecule has 214 valence electrons. The van der Waals surface area contributed by atoms with Gasteiger partial charge in [0.25, 0.3) is 0 Å². The summed E-state index contributed by atoms with van der Waals surface area (Å²) >= 11 is 0. The Morgan fingerprint density at radius 3 is 1.83 bits per heavy atom. The minimum Gasteiger partial charge on any atom is -0.480 e. The zero-order valence-electron chi connectivity index (χ0n) is 23.8. The molecule has 42 heavy (non-hydrogen) atoms. The van der Waals surface area contributed by atoms with Crippen molar-refractivity contribution in [3.63, 3.8) is 0 Å². The van der Waals surface area contributed by atoms with Gasteiger partial charge in [-0.2, -0.15) is 0 Å². The first-order chi connectivity index (χ1) is 20.1. The number of carboxylic acid groups (broad SMARTS) is 1. The number of rotatable bonds is 8. The summed E-state index contributed by atoms with van der Waals surface area (Å²) in [6, 6.07) is 29.4. The number of hydrogen-bond acceptors (Lipinski definition) is 5. The van der Waals surface area contributed by atoms with Gasteiger partial charge in [0.2, 0.25) is 0 Å². The predicted octanol–water partition coefficient (Wildman–Crippen LogP) is 6.84. The van der Waals surface area contributed by atoms with Crippen molar-refractivity contribution < 1.29 is 29.0 Å². The Morgan fingerprint density at radius 1 is 0.786 bits per heavy atom. The maximum absolute atomic E-state index is 12.7. The summed E-state index contributed by atoms with van der Waals surface area (Å²) in [5, 5.41) is 12.3. The number of nitrogens with one attached hydrogen (secondary N) is 1. The highest BCUT2D eigenvalue weighted by Gasteiger charge is 2.30. The molecule has 7 nitrogen and oxygen atoms in total. The molecule has 0 aliphatic heterocycles. The second kappa shape index (κ2) is 11.9. The SMILES string of the molecule is CC(C)(C)OC(=O)c1ccc(-c2ccc(C[C@H](NC(=O)OCC3c4ccccc4-c4ccccc43)C(=O)O)cc2)cc1. The second-order valence-electron chi connectivity index (χ2n) is 11.3. The molecule has 0 saturated carbocycles. The molecule has 4 aromatic rings. The first-order valence-electron chi connectivity index (χ1n) is 13.9. The van der Waals surface area contributed by atoms with Crippen LogP contribution >= 0.6 is 0 Å². The van der Waals surface area contributed by atoms with Crippen LogP contribution < -0.4 is 5.32 Å². The van der Waals surface area contributed by atoms with E-state index in [1.54, 1.807) is 12.1 Å². The molecule has 0 radical (unpaired) electrons. The summed E-state index contributed by atoms with van der Waals surface area (Å²) in [6.07, 6.45) is -0.678. The van der Waals surface area contributed by atoms with E-state index in [1.165, 1.54) is 0 Å². The Hall–Kier alpha value is -4.91. The van der Waals surface area contributed by atoms with Gasteiger partial charge in [-0.15, -0.1) is 0 Å². The third-order valence-electron chi connectivity index (χ3n) is 7.18. The molecule has 0 heterocycles. The highest BCUT2D eigenvalue weighted by atomic mass is 16.6. The third kappa shape index (κ3) is 6.52. The summed E-state index contributed by atoms with van der Waals surface area (Å²) in [5.74, 6) is -1.64. The fourth-order valence-electron chi connectivity index (χ4n) is 5.19. The zero-order chi connectivity index (χ0) is 29.9. The number of benzene rings is 4. The average molecular weight is 564 g/mol. The monoisotopic (exact) mass is 563 g/mol. The van der Waals surface area contributed by atoms with Crippen LogP contribution in [-0.4, -0.2) is 41.4 Å². The highest BCUT2D eigenvalue weighted by Crippen LogP contribution is 2.44. The molecule has 0 fully saturated rings. The molecule has 2 N–H and O–H groups in total. The van der Waals surface area contributed by atoms with Gasteiger partial charge in [-0.25, -0.2) is 14.4 Å². The van der Waals surface area contributed by atoms with Crippen molar-refractivity contribution in [3.8, 4) is 22.3 Å². The lowest BCUT2D eigenvalue weighted by Gasteiger charge is -2.19. The largest absolute Gasteiger partial charge is 0.480 e. The summed E-state index contributed by atoms with van der Waals surface area (Å²) in [5.41, 5.74) is 6.86. The maximum atomic E-state index is 12.7. The molecule has 5 rings (SSSR count). The fraction of sp³-hybridized carbons (Fsp3) is 0.229.